The fourth-order valence-corrected chi connectivity index (χ4v) is 3.54. The molecule has 0 fully saturated rings. The zero-order valence-electron chi connectivity index (χ0n) is 14.9. The van der Waals surface area contributed by atoms with Crippen molar-refractivity contribution in [1.82, 2.24) is 19.7 Å². The first-order valence-electron chi connectivity index (χ1n) is 8.51. The fraction of sp³-hybridized carbons (Fsp3) is 0.250. The Morgan fingerprint density at radius 3 is 2.04 bits per heavy atom. The highest BCUT2D eigenvalue weighted by Gasteiger charge is 2.23. The number of benzene rings is 2. The van der Waals surface area contributed by atoms with Crippen LogP contribution in [0.1, 0.15) is 18.1 Å². The van der Waals surface area contributed by atoms with Crippen molar-refractivity contribution in [2.45, 2.75) is 30.4 Å². The fourth-order valence-electron chi connectivity index (χ4n) is 2.66. The third-order valence-corrected chi connectivity index (χ3v) is 5.18. The van der Waals surface area contributed by atoms with Crippen molar-refractivity contribution >= 4 is 17.7 Å². The maximum absolute atomic E-state index is 13.1. The van der Waals surface area contributed by atoms with Crippen LogP contribution < -0.4 is 0 Å². The Bertz CT molecular complexity index is 794. The largest absolute Gasteiger partial charge is 0.333 e. The van der Waals surface area contributed by atoms with Gasteiger partial charge in [0.05, 0.1) is 5.25 Å². The molecule has 0 unspecified atom stereocenters. The first-order valence-corrected chi connectivity index (χ1v) is 9.38. The second kappa shape index (κ2) is 8.67. The van der Waals surface area contributed by atoms with Crippen LogP contribution in [0.15, 0.2) is 72.1 Å². The summed E-state index contributed by atoms with van der Waals surface area (Å²) >= 11 is 1.43. The van der Waals surface area contributed by atoms with E-state index in [1.807, 2.05) is 84.1 Å². The predicted octanol–water partition coefficient (Wildman–Crippen LogP) is 3.52. The Balaban J connectivity index is 1.76. The Hall–Kier alpha value is -2.60. The number of amides is 1. The maximum atomic E-state index is 13.1. The molecule has 2 aromatic carbocycles. The highest BCUT2D eigenvalue weighted by molar-refractivity contribution is 8.00. The molecule has 6 heteroatoms. The Morgan fingerprint density at radius 1 is 1.04 bits per heavy atom. The molecule has 0 spiro atoms. The number of thioether (sulfide) groups is 1. The van der Waals surface area contributed by atoms with E-state index in [0.29, 0.717) is 13.1 Å². The van der Waals surface area contributed by atoms with Gasteiger partial charge in [0, 0.05) is 20.1 Å². The van der Waals surface area contributed by atoms with Gasteiger partial charge in [0.15, 0.2) is 5.16 Å². The molecular formula is C20H22N4OS. The summed E-state index contributed by atoms with van der Waals surface area (Å²) in [6, 6.07) is 20.2. The van der Waals surface area contributed by atoms with E-state index in [1.165, 1.54) is 11.8 Å². The van der Waals surface area contributed by atoms with Crippen molar-refractivity contribution in [3.05, 3.63) is 78.1 Å². The number of rotatable bonds is 7. The molecule has 0 bridgehead atoms. The molecule has 0 saturated heterocycles. The summed E-state index contributed by atoms with van der Waals surface area (Å²) in [5.74, 6) is 0.0886. The van der Waals surface area contributed by atoms with E-state index < -0.39 is 0 Å². The van der Waals surface area contributed by atoms with Gasteiger partial charge >= 0.3 is 0 Å². The monoisotopic (exact) mass is 366 g/mol. The van der Waals surface area contributed by atoms with Crippen LogP contribution in [0.2, 0.25) is 0 Å². The first kappa shape index (κ1) is 18.2. The molecule has 26 heavy (non-hydrogen) atoms. The molecule has 3 aromatic rings. The van der Waals surface area contributed by atoms with Crippen LogP contribution in [0.4, 0.5) is 0 Å². The van der Waals surface area contributed by atoms with Crippen LogP contribution in [0, 0.1) is 0 Å². The van der Waals surface area contributed by atoms with Crippen LogP contribution in [0.25, 0.3) is 0 Å². The molecular weight excluding hydrogens is 344 g/mol. The summed E-state index contributed by atoms with van der Waals surface area (Å²) < 4.78 is 1.83. The highest BCUT2D eigenvalue weighted by atomic mass is 32.2. The molecule has 5 nitrogen and oxygen atoms in total. The quantitative estimate of drug-likeness (QED) is 0.600. The van der Waals surface area contributed by atoms with Crippen molar-refractivity contribution < 1.29 is 4.79 Å². The van der Waals surface area contributed by atoms with E-state index in [1.54, 1.807) is 6.33 Å². The lowest BCUT2D eigenvalue weighted by molar-refractivity contribution is -0.131. The molecule has 0 aliphatic heterocycles. The molecule has 1 atom stereocenters. The van der Waals surface area contributed by atoms with Crippen LogP contribution in [0.5, 0.6) is 0 Å². The molecule has 1 heterocycles. The molecule has 0 N–H and O–H groups in total. The van der Waals surface area contributed by atoms with E-state index in [2.05, 4.69) is 10.2 Å². The van der Waals surface area contributed by atoms with Gasteiger partial charge in [-0.2, -0.15) is 0 Å². The number of hydrogen-bond acceptors (Lipinski definition) is 4. The smallest absolute Gasteiger partial charge is 0.236 e. The summed E-state index contributed by atoms with van der Waals surface area (Å²) in [7, 11) is 1.88. The minimum atomic E-state index is -0.245. The SMILES string of the molecule is C[C@H](Sc1nncn1C)C(=O)N(Cc1ccccc1)Cc1ccccc1. The van der Waals surface area contributed by atoms with Crippen LogP contribution >= 0.6 is 11.8 Å². The Labute approximate surface area is 158 Å². The van der Waals surface area contributed by atoms with E-state index in [4.69, 9.17) is 0 Å². The Kier molecular flexibility index (Phi) is 6.07. The minimum Gasteiger partial charge on any atom is -0.333 e. The number of hydrogen-bond donors (Lipinski definition) is 0. The lowest BCUT2D eigenvalue weighted by atomic mass is 10.1. The molecule has 1 amide bonds. The zero-order chi connectivity index (χ0) is 18.4. The summed E-state index contributed by atoms with van der Waals surface area (Å²) in [6.45, 7) is 3.08. The standard InChI is InChI=1S/C20H22N4OS/c1-16(26-20-22-21-15-23(20)2)19(25)24(13-17-9-5-3-6-10-17)14-18-11-7-4-8-12-18/h3-12,15-16H,13-14H2,1-2H3/t16-/m0/s1. The van der Waals surface area contributed by atoms with Gasteiger partial charge in [0.2, 0.25) is 5.91 Å². The lowest BCUT2D eigenvalue weighted by Gasteiger charge is -2.26. The predicted molar refractivity (Wildman–Crippen MR) is 103 cm³/mol. The van der Waals surface area contributed by atoms with Gasteiger partial charge in [0.25, 0.3) is 0 Å². The third kappa shape index (κ3) is 4.73. The molecule has 3 rings (SSSR count). The Morgan fingerprint density at radius 2 is 1.58 bits per heavy atom. The molecule has 134 valence electrons. The van der Waals surface area contributed by atoms with E-state index >= 15 is 0 Å². The van der Waals surface area contributed by atoms with Gasteiger partial charge in [-0.1, -0.05) is 72.4 Å². The van der Waals surface area contributed by atoms with Gasteiger partial charge in [-0.25, -0.2) is 0 Å². The average Bonchev–Trinajstić information content (AvgIpc) is 3.07. The minimum absolute atomic E-state index is 0.0886. The van der Waals surface area contributed by atoms with Crippen LogP contribution in [-0.2, 0) is 24.9 Å². The number of carbonyl (C=O) groups is 1. The average molecular weight is 366 g/mol. The summed E-state index contributed by atoms with van der Waals surface area (Å²) in [5.41, 5.74) is 2.24. The topological polar surface area (TPSA) is 51.0 Å². The van der Waals surface area contributed by atoms with Crippen molar-refractivity contribution in [1.29, 1.82) is 0 Å². The third-order valence-electron chi connectivity index (χ3n) is 4.04. The maximum Gasteiger partial charge on any atom is 0.236 e. The molecule has 0 aliphatic rings. The van der Waals surface area contributed by atoms with Crippen molar-refractivity contribution in [3.8, 4) is 0 Å². The van der Waals surface area contributed by atoms with Gasteiger partial charge in [-0.05, 0) is 18.1 Å². The second-order valence-corrected chi connectivity index (χ2v) is 7.46. The van der Waals surface area contributed by atoms with Gasteiger partial charge in [-0.3, -0.25) is 4.79 Å². The summed E-state index contributed by atoms with van der Waals surface area (Å²) in [6.07, 6.45) is 1.64. The van der Waals surface area contributed by atoms with Gasteiger partial charge < -0.3 is 9.47 Å². The normalized spacial score (nSPS) is 11.9. The molecule has 0 radical (unpaired) electrons. The van der Waals surface area contributed by atoms with E-state index in [9.17, 15) is 4.79 Å². The van der Waals surface area contributed by atoms with Crippen LogP contribution in [0.3, 0.4) is 0 Å². The lowest BCUT2D eigenvalue weighted by Crippen LogP contribution is -2.35. The van der Waals surface area contributed by atoms with Crippen LogP contribution in [-0.4, -0.2) is 30.8 Å². The number of carbonyl (C=O) groups excluding carboxylic acids is 1. The molecule has 1 aromatic heterocycles. The van der Waals surface area contributed by atoms with Crippen molar-refractivity contribution in [3.63, 3.8) is 0 Å². The molecule has 0 saturated carbocycles. The van der Waals surface area contributed by atoms with E-state index in [-0.39, 0.29) is 11.2 Å². The number of aryl methyl sites for hydroxylation is 1. The summed E-state index contributed by atoms with van der Waals surface area (Å²) in [4.78, 5) is 15.0. The second-order valence-electron chi connectivity index (χ2n) is 6.15. The first-order chi connectivity index (χ1) is 12.6. The van der Waals surface area contributed by atoms with Crippen molar-refractivity contribution in [2.24, 2.45) is 7.05 Å². The number of nitrogens with zero attached hydrogens (tertiary/aromatic N) is 4. The summed E-state index contributed by atoms with van der Waals surface area (Å²) in [5, 5.41) is 8.45. The van der Waals surface area contributed by atoms with Gasteiger partial charge in [0.1, 0.15) is 6.33 Å². The zero-order valence-corrected chi connectivity index (χ0v) is 15.8. The van der Waals surface area contributed by atoms with E-state index in [0.717, 1.165) is 16.3 Å². The number of aromatic nitrogens is 3. The van der Waals surface area contributed by atoms with Crippen molar-refractivity contribution in [2.75, 3.05) is 0 Å². The molecule has 0 aliphatic carbocycles. The highest BCUT2D eigenvalue weighted by Crippen LogP contribution is 2.23. The van der Waals surface area contributed by atoms with Gasteiger partial charge in [-0.15, -0.1) is 10.2 Å².